The van der Waals surface area contributed by atoms with E-state index in [9.17, 15) is 4.79 Å². The lowest BCUT2D eigenvalue weighted by Crippen LogP contribution is -2.27. The molecular formula is C22H21BrN2O. The summed E-state index contributed by atoms with van der Waals surface area (Å²) in [7, 11) is 0. The van der Waals surface area contributed by atoms with Crippen LogP contribution in [-0.4, -0.2) is 28.9 Å². The van der Waals surface area contributed by atoms with Crippen LogP contribution in [0, 0.1) is 13.8 Å². The largest absolute Gasteiger partial charge is 0.339 e. The molecule has 0 atom stereocenters. The van der Waals surface area contributed by atoms with Gasteiger partial charge < -0.3 is 4.90 Å². The number of hydrogen-bond donors (Lipinski definition) is 0. The Labute approximate surface area is 162 Å². The molecule has 0 spiro atoms. The topological polar surface area (TPSA) is 33.2 Å². The summed E-state index contributed by atoms with van der Waals surface area (Å²) in [5.74, 6) is 0.109. The van der Waals surface area contributed by atoms with Crippen molar-refractivity contribution in [1.82, 2.24) is 9.88 Å². The Morgan fingerprint density at radius 3 is 2.50 bits per heavy atom. The molecule has 4 rings (SSSR count). The summed E-state index contributed by atoms with van der Waals surface area (Å²) >= 11 is 3.53. The lowest BCUT2D eigenvalue weighted by molar-refractivity contribution is 0.0794. The van der Waals surface area contributed by atoms with E-state index in [4.69, 9.17) is 4.98 Å². The number of aryl methyl sites for hydroxylation is 2. The van der Waals surface area contributed by atoms with Gasteiger partial charge in [0.05, 0.1) is 16.8 Å². The number of carbonyl (C=O) groups is 1. The minimum atomic E-state index is 0.109. The van der Waals surface area contributed by atoms with Gasteiger partial charge in [0.15, 0.2) is 0 Å². The van der Waals surface area contributed by atoms with E-state index in [1.165, 1.54) is 11.1 Å². The Morgan fingerprint density at radius 1 is 1.00 bits per heavy atom. The number of benzene rings is 2. The zero-order valence-corrected chi connectivity index (χ0v) is 16.6. The molecule has 0 N–H and O–H groups in total. The summed E-state index contributed by atoms with van der Waals surface area (Å²) in [4.78, 5) is 20.0. The van der Waals surface area contributed by atoms with Gasteiger partial charge in [-0.2, -0.15) is 0 Å². The summed E-state index contributed by atoms with van der Waals surface area (Å²) in [5, 5.41) is 0.906. The van der Waals surface area contributed by atoms with Gasteiger partial charge in [0.1, 0.15) is 0 Å². The van der Waals surface area contributed by atoms with Crippen LogP contribution in [0.25, 0.3) is 22.2 Å². The molecule has 0 bridgehead atoms. The smallest absolute Gasteiger partial charge is 0.254 e. The Kier molecular flexibility index (Phi) is 4.53. The molecule has 1 aliphatic heterocycles. The van der Waals surface area contributed by atoms with E-state index in [1.807, 2.05) is 29.2 Å². The molecule has 3 nitrogen and oxygen atoms in total. The van der Waals surface area contributed by atoms with E-state index in [1.54, 1.807) is 0 Å². The molecule has 3 aromatic rings. The third-order valence-electron chi connectivity index (χ3n) is 5.20. The Morgan fingerprint density at radius 2 is 1.77 bits per heavy atom. The number of hydrogen-bond acceptors (Lipinski definition) is 2. The quantitative estimate of drug-likeness (QED) is 0.559. The van der Waals surface area contributed by atoms with E-state index >= 15 is 0 Å². The predicted octanol–water partition coefficient (Wildman–Crippen LogP) is 5.52. The Hall–Kier alpha value is -2.20. The van der Waals surface area contributed by atoms with Crippen molar-refractivity contribution in [3.05, 3.63) is 63.6 Å². The molecule has 0 aliphatic carbocycles. The van der Waals surface area contributed by atoms with Gasteiger partial charge in [-0.15, -0.1) is 0 Å². The molecule has 1 fully saturated rings. The van der Waals surface area contributed by atoms with Crippen molar-refractivity contribution >= 4 is 32.7 Å². The Balaban J connectivity index is 1.91. The minimum Gasteiger partial charge on any atom is -0.339 e. The average Bonchev–Trinajstić information content (AvgIpc) is 3.17. The summed E-state index contributed by atoms with van der Waals surface area (Å²) in [6.45, 7) is 5.89. The first-order valence-corrected chi connectivity index (χ1v) is 9.79. The van der Waals surface area contributed by atoms with Gasteiger partial charge in [0.2, 0.25) is 0 Å². The van der Waals surface area contributed by atoms with Crippen molar-refractivity contribution in [2.24, 2.45) is 0 Å². The minimum absolute atomic E-state index is 0.109. The number of halogens is 1. The maximum absolute atomic E-state index is 13.2. The molecule has 1 aliphatic rings. The van der Waals surface area contributed by atoms with Gasteiger partial charge in [-0.05, 0) is 68.1 Å². The van der Waals surface area contributed by atoms with E-state index in [-0.39, 0.29) is 5.91 Å². The van der Waals surface area contributed by atoms with E-state index in [0.717, 1.165) is 58.1 Å². The van der Waals surface area contributed by atoms with Crippen molar-refractivity contribution < 1.29 is 4.79 Å². The number of pyridine rings is 1. The highest BCUT2D eigenvalue weighted by Crippen LogP contribution is 2.29. The van der Waals surface area contributed by atoms with Gasteiger partial charge in [0.25, 0.3) is 5.91 Å². The summed E-state index contributed by atoms with van der Waals surface area (Å²) in [6.07, 6.45) is 2.17. The zero-order valence-electron chi connectivity index (χ0n) is 15.1. The van der Waals surface area contributed by atoms with Crippen LogP contribution < -0.4 is 0 Å². The Bertz CT molecular complexity index is 1010. The highest BCUT2D eigenvalue weighted by Gasteiger charge is 2.22. The second kappa shape index (κ2) is 6.84. The fourth-order valence-electron chi connectivity index (χ4n) is 3.51. The van der Waals surface area contributed by atoms with Gasteiger partial charge in [-0.25, -0.2) is 4.98 Å². The molecule has 26 heavy (non-hydrogen) atoms. The zero-order chi connectivity index (χ0) is 18.3. The van der Waals surface area contributed by atoms with Gasteiger partial charge in [0, 0.05) is 28.5 Å². The first-order chi connectivity index (χ1) is 12.5. The number of carbonyl (C=O) groups excluding carboxylic acids is 1. The second-order valence-corrected chi connectivity index (χ2v) is 7.93. The van der Waals surface area contributed by atoms with Gasteiger partial charge in [-0.1, -0.05) is 28.1 Å². The summed E-state index contributed by atoms with van der Waals surface area (Å²) < 4.78 is 0.959. The highest BCUT2D eigenvalue weighted by molar-refractivity contribution is 9.10. The third kappa shape index (κ3) is 3.14. The molecule has 1 saturated heterocycles. The van der Waals surface area contributed by atoms with Crippen LogP contribution in [0.15, 0.2) is 46.9 Å². The number of rotatable bonds is 2. The van der Waals surface area contributed by atoms with Crippen LogP contribution in [-0.2, 0) is 0 Å². The maximum Gasteiger partial charge on any atom is 0.254 e. The molecule has 2 aromatic carbocycles. The molecule has 2 heterocycles. The van der Waals surface area contributed by atoms with Crippen LogP contribution in [0.5, 0.6) is 0 Å². The van der Waals surface area contributed by atoms with Crippen molar-refractivity contribution in [1.29, 1.82) is 0 Å². The van der Waals surface area contributed by atoms with Gasteiger partial charge >= 0.3 is 0 Å². The molecular weight excluding hydrogens is 388 g/mol. The van der Waals surface area contributed by atoms with Crippen LogP contribution in [0.4, 0.5) is 0 Å². The van der Waals surface area contributed by atoms with Gasteiger partial charge in [-0.3, -0.25) is 4.79 Å². The highest BCUT2D eigenvalue weighted by atomic mass is 79.9. The molecule has 0 unspecified atom stereocenters. The van der Waals surface area contributed by atoms with E-state index < -0.39 is 0 Å². The SMILES string of the molecule is Cc1ccc(-c2cc(C(=O)N3CCCC3)c3cc(Br)ccc3n2)cc1C. The lowest BCUT2D eigenvalue weighted by atomic mass is 10.0. The van der Waals surface area contributed by atoms with Crippen molar-refractivity contribution in [3.63, 3.8) is 0 Å². The number of amides is 1. The van der Waals surface area contributed by atoms with Crippen LogP contribution in [0.3, 0.4) is 0 Å². The van der Waals surface area contributed by atoms with Crippen LogP contribution in [0.1, 0.15) is 34.3 Å². The van der Waals surface area contributed by atoms with Crippen molar-refractivity contribution in [2.75, 3.05) is 13.1 Å². The molecule has 0 saturated carbocycles. The number of aromatic nitrogens is 1. The molecule has 132 valence electrons. The van der Waals surface area contributed by atoms with Crippen LogP contribution in [0.2, 0.25) is 0 Å². The predicted molar refractivity (Wildman–Crippen MR) is 109 cm³/mol. The average molecular weight is 409 g/mol. The van der Waals surface area contributed by atoms with Crippen molar-refractivity contribution in [3.8, 4) is 11.3 Å². The number of fused-ring (bicyclic) bond motifs is 1. The first-order valence-electron chi connectivity index (χ1n) is 9.00. The van der Waals surface area contributed by atoms with E-state index in [0.29, 0.717) is 0 Å². The fraction of sp³-hybridized carbons (Fsp3) is 0.273. The lowest BCUT2D eigenvalue weighted by Gasteiger charge is -2.18. The number of nitrogens with zero attached hydrogens (tertiary/aromatic N) is 2. The van der Waals surface area contributed by atoms with E-state index in [2.05, 4.69) is 48.0 Å². The maximum atomic E-state index is 13.2. The normalized spacial score (nSPS) is 14.2. The van der Waals surface area contributed by atoms with Crippen LogP contribution >= 0.6 is 15.9 Å². The monoisotopic (exact) mass is 408 g/mol. The van der Waals surface area contributed by atoms with Crippen molar-refractivity contribution in [2.45, 2.75) is 26.7 Å². The molecule has 4 heteroatoms. The first kappa shape index (κ1) is 17.2. The summed E-state index contributed by atoms with van der Waals surface area (Å²) in [6, 6.07) is 14.2. The fourth-order valence-corrected chi connectivity index (χ4v) is 3.88. The standard InChI is InChI=1S/C22H21BrN2O/c1-14-5-6-16(11-15(14)2)21-13-19(22(26)25-9-3-4-10-25)18-12-17(23)7-8-20(18)24-21/h5-8,11-13H,3-4,9-10H2,1-2H3. The summed E-state index contributed by atoms with van der Waals surface area (Å²) in [5.41, 5.74) is 5.98. The molecule has 1 amide bonds. The number of likely N-dealkylation sites (tertiary alicyclic amines) is 1. The molecule has 0 radical (unpaired) electrons. The third-order valence-corrected chi connectivity index (χ3v) is 5.69. The molecule has 1 aromatic heterocycles. The second-order valence-electron chi connectivity index (χ2n) is 7.01.